The second-order valence-electron chi connectivity index (χ2n) is 3.81. The molecule has 0 fully saturated rings. The Hall–Kier alpha value is -2.54. The molecule has 0 atom stereocenters. The van der Waals surface area contributed by atoms with E-state index in [9.17, 15) is 4.79 Å². The maximum Gasteiger partial charge on any atom is 0.264 e. The van der Waals surface area contributed by atoms with Crippen molar-refractivity contribution in [2.24, 2.45) is 0 Å². The minimum Gasteiger partial charge on any atom is -0.368 e. The number of nitrogens with one attached hydrogen (secondary N) is 1. The average Bonchev–Trinajstić information content (AvgIpc) is 2.94. The lowest BCUT2D eigenvalue weighted by atomic mass is 10.1. The van der Waals surface area contributed by atoms with Crippen LogP contribution in [0.3, 0.4) is 0 Å². The molecular formula is C12H9N5OS. The zero-order valence-electron chi connectivity index (χ0n) is 9.70. The molecule has 0 radical (unpaired) electrons. The van der Waals surface area contributed by atoms with Gasteiger partial charge in [0, 0.05) is 28.8 Å². The highest BCUT2D eigenvalue weighted by atomic mass is 32.1. The van der Waals surface area contributed by atoms with Crippen molar-refractivity contribution in [2.45, 2.75) is 0 Å². The topological polar surface area (TPSA) is 97.5 Å². The molecule has 3 rings (SSSR count). The SMILES string of the molecule is Nc1ncc(-c2ccc(=O)[nH]n2)c(-c2ccsc2)n1. The molecule has 3 heterocycles. The van der Waals surface area contributed by atoms with Crippen LogP contribution < -0.4 is 11.3 Å². The first-order valence-electron chi connectivity index (χ1n) is 5.45. The van der Waals surface area contributed by atoms with E-state index in [0.29, 0.717) is 11.4 Å². The van der Waals surface area contributed by atoms with Gasteiger partial charge in [0.2, 0.25) is 5.95 Å². The van der Waals surface area contributed by atoms with Crippen LogP contribution in [0.5, 0.6) is 0 Å². The number of H-pyrrole nitrogens is 1. The van der Waals surface area contributed by atoms with Gasteiger partial charge in [-0.2, -0.15) is 16.4 Å². The zero-order chi connectivity index (χ0) is 13.2. The second kappa shape index (κ2) is 4.62. The summed E-state index contributed by atoms with van der Waals surface area (Å²) in [6.45, 7) is 0. The van der Waals surface area contributed by atoms with E-state index in [1.165, 1.54) is 6.07 Å². The van der Waals surface area contributed by atoms with Crippen LogP contribution in [0.15, 0.2) is 40.0 Å². The molecule has 0 aliphatic heterocycles. The summed E-state index contributed by atoms with van der Waals surface area (Å²) < 4.78 is 0. The van der Waals surface area contributed by atoms with E-state index < -0.39 is 0 Å². The third-order valence-corrected chi connectivity index (χ3v) is 3.24. The minimum absolute atomic E-state index is 0.203. The molecule has 94 valence electrons. The van der Waals surface area contributed by atoms with E-state index in [4.69, 9.17) is 5.73 Å². The lowest BCUT2D eigenvalue weighted by Crippen LogP contribution is -2.06. The Balaban J connectivity index is 2.21. The van der Waals surface area contributed by atoms with Gasteiger partial charge < -0.3 is 5.73 Å². The molecule has 0 saturated carbocycles. The molecule has 0 bridgehead atoms. The standard InChI is InChI=1S/C12H9N5OS/c13-12-14-5-8(9-1-2-10(18)17-16-9)11(15-12)7-3-4-19-6-7/h1-6H,(H,17,18)(H2,13,14,15). The largest absolute Gasteiger partial charge is 0.368 e. The smallest absolute Gasteiger partial charge is 0.264 e. The normalized spacial score (nSPS) is 10.5. The van der Waals surface area contributed by atoms with Gasteiger partial charge in [-0.15, -0.1) is 0 Å². The number of rotatable bonds is 2. The van der Waals surface area contributed by atoms with Gasteiger partial charge in [-0.3, -0.25) is 4.79 Å². The molecule has 3 aromatic rings. The number of aromatic amines is 1. The molecule has 0 aliphatic rings. The molecule has 3 aromatic heterocycles. The molecule has 0 spiro atoms. The lowest BCUT2D eigenvalue weighted by Gasteiger charge is -2.06. The Morgan fingerprint density at radius 3 is 2.84 bits per heavy atom. The van der Waals surface area contributed by atoms with Crippen molar-refractivity contribution in [3.05, 3.63) is 45.5 Å². The first-order chi connectivity index (χ1) is 9.24. The van der Waals surface area contributed by atoms with Gasteiger partial charge in [0.25, 0.3) is 5.56 Å². The van der Waals surface area contributed by atoms with Crippen LogP contribution in [0.2, 0.25) is 0 Å². The molecule has 19 heavy (non-hydrogen) atoms. The predicted octanol–water partition coefficient (Wildman–Crippen LogP) is 1.54. The Kier molecular flexibility index (Phi) is 2.81. The molecule has 6 nitrogen and oxygen atoms in total. The van der Waals surface area contributed by atoms with E-state index in [1.807, 2.05) is 16.8 Å². The Morgan fingerprint density at radius 1 is 1.26 bits per heavy atom. The van der Waals surface area contributed by atoms with Crippen LogP contribution in [0.4, 0.5) is 5.95 Å². The van der Waals surface area contributed by atoms with Gasteiger partial charge in [0.05, 0.1) is 11.4 Å². The third-order valence-electron chi connectivity index (χ3n) is 2.56. The fourth-order valence-electron chi connectivity index (χ4n) is 1.70. The number of anilines is 1. The number of nitrogens with two attached hydrogens (primary N) is 1. The minimum atomic E-state index is -0.253. The highest BCUT2D eigenvalue weighted by Crippen LogP contribution is 2.29. The number of thiophene rings is 1. The fourth-order valence-corrected chi connectivity index (χ4v) is 2.34. The van der Waals surface area contributed by atoms with Crippen molar-refractivity contribution in [1.29, 1.82) is 0 Å². The lowest BCUT2D eigenvalue weighted by molar-refractivity contribution is 0.992. The van der Waals surface area contributed by atoms with Crippen LogP contribution in [-0.4, -0.2) is 20.2 Å². The molecule has 0 aromatic carbocycles. The van der Waals surface area contributed by atoms with Crippen LogP contribution in [0, 0.1) is 0 Å². The molecule has 0 aliphatic carbocycles. The van der Waals surface area contributed by atoms with Crippen LogP contribution in [0.1, 0.15) is 0 Å². The Labute approximate surface area is 112 Å². The zero-order valence-corrected chi connectivity index (χ0v) is 10.5. The van der Waals surface area contributed by atoms with E-state index in [0.717, 1.165) is 11.1 Å². The van der Waals surface area contributed by atoms with Gasteiger partial charge in [-0.05, 0) is 17.5 Å². The molecule has 0 unspecified atom stereocenters. The van der Waals surface area contributed by atoms with E-state index in [-0.39, 0.29) is 11.5 Å². The van der Waals surface area contributed by atoms with Gasteiger partial charge >= 0.3 is 0 Å². The third kappa shape index (κ3) is 2.23. The maximum atomic E-state index is 11.1. The summed E-state index contributed by atoms with van der Waals surface area (Å²) in [6, 6.07) is 4.99. The molecule has 0 amide bonds. The Morgan fingerprint density at radius 2 is 2.16 bits per heavy atom. The van der Waals surface area contributed by atoms with Crippen molar-refractivity contribution >= 4 is 17.3 Å². The van der Waals surface area contributed by atoms with Crippen molar-refractivity contribution in [2.75, 3.05) is 5.73 Å². The summed E-state index contributed by atoms with van der Waals surface area (Å²) in [5, 5.41) is 10.3. The second-order valence-corrected chi connectivity index (χ2v) is 4.59. The van der Waals surface area contributed by atoms with Crippen LogP contribution in [-0.2, 0) is 0 Å². The van der Waals surface area contributed by atoms with Crippen LogP contribution in [0.25, 0.3) is 22.5 Å². The average molecular weight is 271 g/mol. The fraction of sp³-hybridized carbons (Fsp3) is 0. The van der Waals surface area contributed by atoms with E-state index in [1.54, 1.807) is 23.6 Å². The highest BCUT2D eigenvalue weighted by Gasteiger charge is 2.12. The monoisotopic (exact) mass is 271 g/mol. The predicted molar refractivity (Wildman–Crippen MR) is 73.6 cm³/mol. The number of nitrogen functional groups attached to an aromatic ring is 1. The first-order valence-corrected chi connectivity index (χ1v) is 6.39. The molecule has 7 heteroatoms. The summed E-state index contributed by atoms with van der Waals surface area (Å²) in [7, 11) is 0. The van der Waals surface area contributed by atoms with E-state index in [2.05, 4.69) is 20.2 Å². The van der Waals surface area contributed by atoms with Gasteiger partial charge in [0.1, 0.15) is 0 Å². The number of nitrogens with zero attached hydrogens (tertiary/aromatic N) is 3. The van der Waals surface area contributed by atoms with Crippen LogP contribution >= 0.6 is 11.3 Å². The summed E-state index contributed by atoms with van der Waals surface area (Å²) in [5.74, 6) is 0.203. The summed E-state index contributed by atoms with van der Waals surface area (Å²) in [4.78, 5) is 19.3. The Bertz CT molecular complexity index is 746. The number of hydrogen-bond donors (Lipinski definition) is 2. The summed E-state index contributed by atoms with van der Waals surface area (Å²) in [5.41, 5.74) is 8.36. The van der Waals surface area contributed by atoms with Crippen molar-refractivity contribution in [3.63, 3.8) is 0 Å². The number of hydrogen-bond acceptors (Lipinski definition) is 6. The van der Waals surface area contributed by atoms with Crippen molar-refractivity contribution in [3.8, 4) is 22.5 Å². The van der Waals surface area contributed by atoms with Crippen molar-refractivity contribution in [1.82, 2.24) is 20.2 Å². The van der Waals surface area contributed by atoms with Gasteiger partial charge in [-0.1, -0.05) is 0 Å². The van der Waals surface area contributed by atoms with Gasteiger partial charge in [-0.25, -0.2) is 15.1 Å². The molecular weight excluding hydrogens is 262 g/mol. The highest BCUT2D eigenvalue weighted by molar-refractivity contribution is 7.08. The summed E-state index contributed by atoms with van der Waals surface area (Å²) >= 11 is 1.57. The first kappa shape index (κ1) is 11.5. The molecule has 0 saturated heterocycles. The quantitative estimate of drug-likeness (QED) is 0.736. The maximum absolute atomic E-state index is 11.1. The van der Waals surface area contributed by atoms with Crippen molar-refractivity contribution < 1.29 is 0 Å². The summed E-state index contributed by atoms with van der Waals surface area (Å²) in [6.07, 6.45) is 1.61. The molecule has 3 N–H and O–H groups in total. The van der Waals surface area contributed by atoms with Gasteiger partial charge in [0.15, 0.2) is 0 Å². The number of aromatic nitrogens is 4. The van der Waals surface area contributed by atoms with E-state index >= 15 is 0 Å².